The van der Waals surface area contributed by atoms with Gasteiger partial charge in [-0.15, -0.1) is 10.2 Å². The van der Waals surface area contributed by atoms with E-state index in [0.29, 0.717) is 12.2 Å². The molecule has 0 aliphatic rings. The highest BCUT2D eigenvalue weighted by Gasteiger charge is 2.24. The molecule has 168 valence electrons. The van der Waals surface area contributed by atoms with Crippen LogP contribution in [0, 0.1) is 6.92 Å². The fourth-order valence-electron chi connectivity index (χ4n) is 3.26. The second-order valence-electron chi connectivity index (χ2n) is 7.29. The van der Waals surface area contributed by atoms with Crippen molar-refractivity contribution in [1.29, 1.82) is 0 Å². The number of carbonyl (C=O) groups is 1. The number of benzene rings is 3. The molecule has 4 aromatic rings. The number of aromatic hydroxyl groups is 2. The van der Waals surface area contributed by atoms with E-state index in [1.54, 1.807) is 12.1 Å². The molecule has 0 saturated heterocycles. The smallest absolute Gasteiger partial charge is 0.287 e. The number of nitrogens with zero attached hydrogens (tertiary/aromatic N) is 3. The molecular weight excluding hydrogens is 442 g/mol. The molecule has 9 nitrogen and oxygen atoms in total. The zero-order chi connectivity index (χ0) is 23.5. The lowest BCUT2D eigenvalue weighted by Gasteiger charge is -2.13. The van der Waals surface area contributed by atoms with Gasteiger partial charge in [0.15, 0.2) is 5.82 Å². The number of amides is 1. The zero-order valence-corrected chi connectivity index (χ0v) is 18.4. The summed E-state index contributed by atoms with van der Waals surface area (Å²) in [5.41, 5.74) is 8.07. The Kier molecular flexibility index (Phi) is 6.20. The molecule has 0 saturated carbocycles. The number of nitrogens with two attached hydrogens (primary N) is 1. The first kappa shape index (κ1) is 22.2. The topological polar surface area (TPSA) is 143 Å². The SMILES string of the molecule is Cc1ccc(-n2c(C(N)=O)nnc2-c2cc(S(=O)NCc3ccccc3)c(O)cc2O)cc1. The molecule has 4 rings (SSSR count). The number of carbonyl (C=O) groups excluding carboxylic acids is 1. The number of hydrogen-bond donors (Lipinski definition) is 4. The molecule has 0 spiro atoms. The van der Waals surface area contributed by atoms with E-state index in [0.717, 1.165) is 17.2 Å². The van der Waals surface area contributed by atoms with Crippen molar-refractivity contribution in [2.24, 2.45) is 5.73 Å². The van der Waals surface area contributed by atoms with Crippen molar-refractivity contribution in [2.75, 3.05) is 0 Å². The average molecular weight is 464 g/mol. The molecule has 0 radical (unpaired) electrons. The molecule has 1 heterocycles. The Bertz CT molecular complexity index is 1340. The number of phenolic OH excluding ortho intramolecular Hbond substituents is 2. The second-order valence-corrected chi connectivity index (χ2v) is 8.56. The standard InChI is InChI=1S/C23H21N5O4S/c1-14-7-9-16(10-8-14)28-22(26-27-23(28)21(24)31)17-11-20(19(30)12-18(17)29)33(32)25-13-15-5-3-2-4-6-15/h2-12,25,29-30H,13H2,1H3,(H2,24,31). The van der Waals surface area contributed by atoms with Crippen molar-refractivity contribution < 1.29 is 19.2 Å². The van der Waals surface area contributed by atoms with Gasteiger partial charge in [-0.3, -0.25) is 9.36 Å². The van der Waals surface area contributed by atoms with Gasteiger partial charge in [0.2, 0.25) is 5.82 Å². The van der Waals surface area contributed by atoms with Crippen molar-refractivity contribution in [3.63, 3.8) is 0 Å². The summed E-state index contributed by atoms with van der Waals surface area (Å²) in [5, 5.41) is 28.8. The van der Waals surface area contributed by atoms with Crippen LogP contribution in [0.1, 0.15) is 21.7 Å². The van der Waals surface area contributed by atoms with Crippen LogP contribution < -0.4 is 10.5 Å². The Morgan fingerprint density at radius 1 is 1.03 bits per heavy atom. The molecule has 0 fully saturated rings. The first-order valence-corrected chi connectivity index (χ1v) is 11.1. The summed E-state index contributed by atoms with van der Waals surface area (Å²) in [5.74, 6) is -1.52. The molecule has 0 aliphatic heterocycles. The quantitative estimate of drug-likeness (QED) is 0.332. The maximum atomic E-state index is 12.9. The van der Waals surface area contributed by atoms with Gasteiger partial charge in [0, 0.05) is 18.3 Å². The van der Waals surface area contributed by atoms with Gasteiger partial charge in [-0.1, -0.05) is 48.0 Å². The van der Waals surface area contributed by atoms with E-state index in [4.69, 9.17) is 5.73 Å². The molecule has 0 aliphatic carbocycles. The molecule has 1 unspecified atom stereocenters. The summed E-state index contributed by atoms with van der Waals surface area (Å²) in [6, 6.07) is 19.0. The van der Waals surface area contributed by atoms with E-state index in [2.05, 4.69) is 14.9 Å². The van der Waals surface area contributed by atoms with Crippen LogP contribution in [0.15, 0.2) is 71.6 Å². The maximum Gasteiger partial charge on any atom is 0.287 e. The Hall–Kier alpha value is -4.02. The molecule has 1 aromatic heterocycles. The van der Waals surface area contributed by atoms with Crippen LogP contribution in [0.25, 0.3) is 17.1 Å². The fraction of sp³-hybridized carbons (Fsp3) is 0.0870. The number of nitrogens with one attached hydrogen (secondary N) is 1. The predicted octanol–water partition coefficient (Wildman–Crippen LogP) is 2.57. The van der Waals surface area contributed by atoms with Crippen molar-refractivity contribution in [3.05, 3.63) is 83.7 Å². The summed E-state index contributed by atoms with van der Waals surface area (Å²) >= 11 is 0. The van der Waals surface area contributed by atoms with Crippen LogP contribution in [0.2, 0.25) is 0 Å². The predicted molar refractivity (Wildman–Crippen MR) is 123 cm³/mol. The number of aromatic nitrogens is 3. The minimum Gasteiger partial charge on any atom is -0.507 e. The average Bonchev–Trinajstić information content (AvgIpc) is 3.24. The van der Waals surface area contributed by atoms with Crippen molar-refractivity contribution in [2.45, 2.75) is 18.4 Å². The summed E-state index contributed by atoms with van der Waals surface area (Å²) < 4.78 is 17.1. The van der Waals surface area contributed by atoms with Crippen LogP contribution in [0.3, 0.4) is 0 Å². The number of phenols is 2. The summed E-state index contributed by atoms with van der Waals surface area (Å²) in [6.07, 6.45) is 0. The van der Waals surface area contributed by atoms with E-state index >= 15 is 0 Å². The number of rotatable bonds is 7. The zero-order valence-electron chi connectivity index (χ0n) is 17.6. The second kappa shape index (κ2) is 9.23. The molecule has 10 heteroatoms. The molecule has 3 aromatic carbocycles. The van der Waals surface area contributed by atoms with E-state index < -0.39 is 16.9 Å². The highest BCUT2D eigenvalue weighted by atomic mass is 32.2. The lowest BCUT2D eigenvalue weighted by molar-refractivity contribution is 0.0988. The Morgan fingerprint density at radius 2 is 1.73 bits per heavy atom. The minimum atomic E-state index is -1.80. The number of primary amides is 1. The van der Waals surface area contributed by atoms with E-state index in [1.165, 1.54) is 10.6 Å². The van der Waals surface area contributed by atoms with E-state index in [-0.39, 0.29) is 33.6 Å². The Labute approximate surface area is 192 Å². The monoisotopic (exact) mass is 463 g/mol. The van der Waals surface area contributed by atoms with Gasteiger partial charge < -0.3 is 15.9 Å². The normalized spacial score (nSPS) is 11.9. The largest absolute Gasteiger partial charge is 0.507 e. The first-order valence-electron chi connectivity index (χ1n) is 9.93. The third-order valence-electron chi connectivity index (χ3n) is 4.94. The van der Waals surface area contributed by atoms with Gasteiger partial charge in [-0.25, -0.2) is 8.93 Å². The van der Waals surface area contributed by atoms with Gasteiger partial charge in [0.25, 0.3) is 5.91 Å². The van der Waals surface area contributed by atoms with E-state index in [9.17, 15) is 19.2 Å². The van der Waals surface area contributed by atoms with Crippen molar-refractivity contribution in [3.8, 4) is 28.6 Å². The van der Waals surface area contributed by atoms with Crippen LogP contribution in [-0.4, -0.2) is 35.1 Å². The Morgan fingerprint density at radius 3 is 2.39 bits per heavy atom. The fourth-order valence-corrected chi connectivity index (χ4v) is 4.19. The van der Waals surface area contributed by atoms with Crippen LogP contribution in [0.4, 0.5) is 0 Å². The van der Waals surface area contributed by atoms with Crippen LogP contribution >= 0.6 is 0 Å². The highest BCUT2D eigenvalue weighted by Crippen LogP contribution is 2.36. The van der Waals surface area contributed by atoms with E-state index in [1.807, 2.05) is 49.4 Å². The van der Waals surface area contributed by atoms with Crippen molar-refractivity contribution >= 4 is 16.9 Å². The lowest BCUT2D eigenvalue weighted by atomic mass is 10.1. The third kappa shape index (κ3) is 4.61. The molecule has 0 bridgehead atoms. The van der Waals surface area contributed by atoms with Gasteiger partial charge in [-0.2, -0.15) is 0 Å². The molecule has 1 atom stereocenters. The van der Waals surface area contributed by atoms with Gasteiger partial charge in [0.05, 0.1) is 10.5 Å². The van der Waals surface area contributed by atoms with Gasteiger partial charge in [-0.05, 0) is 30.7 Å². The maximum absolute atomic E-state index is 12.9. The van der Waals surface area contributed by atoms with Gasteiger partial charge in [0.1, 0.15) is 22.5 Å². The lowest BCUT2D eigenvalue weighted by Crippen LogP contribution is -2.18. The highest BCUT2D eigenvalue weighted by molar-refractivity contribution is 7.83. The molecular formula is C23H21N5O4S. The minimum absolute atomic E-state index is 0.0396. The third-order valence-corrected chi connectivity index (χ3v) is 6.08. The molecule has 1 amide bonds. The van der Waals surface area contributed by atoms with Crippen LogP contribution in [-0.2, 0) is 17.5 Å². The van der Waals surface area contributed by atoms with Gasteiger partial charge >= 0.3 is 0 Å². The molecule has 5 N–H and O–H groups in total. The summed E-state index contributed by atoms with van der Waals surface area (Å²) in [6.45, 7) is 2.22. The number of hydrogen-bond acceptors (Lipinski definition) is 6. The molecule has 33 heavy (non-hydrogen) atoms. The number of aryl methyl sites for hydroxylation is 1. The summed E-state index contributed by atoms with van der Waals surface area (Å²) in [7, 11) is -1.80. The first-order chi connectivity index (χ1) is 15.8. The van der Waals surface area contributed by atoms with Crippen LogP contribution in [0.5, 0.6) is 11.5 Å². The summed E-state index contributed by atoms with van der Waals surface area (Å²) in [4.78, 5) is 12.0. The Balaban J connectivity index is 1.76. The van der Waals surface area contributed by atoms with Crippen molar-refractivity contribution in [1.82, 2.24) is 19.5 Å².